The van der Waals surface area contributed by atoms with Crippen molar-refractivity contribution >= 4 is 117 Å². The summed E-state index contributed by atoms with van der Waals surface area (Å²) in [5.41, 5.74) is 11.2. The molecule has 2 aliphatic heterocycles. The van der Waals surface area contributed by atoms with Crippen LogP contribution >= 0.6 is 0 Å². The summed E-state index contributed by atoms with van der Waals surface area (Å²) in [5.74, 6) is 3.34. The van der Waals surface area contributed by atoms with Crippen LogP contribution in [0.1, 0.15) is 0 Å². The van der Waals surface area contributed by atoms with E-state index in [0.717, 1.165) is 94.1 Å². The van der Waals surface area contributed by atoms with Gasteiger partial charge in [-0.1, -0.05) is 212 Å². The monoisotopic (exact) mass is 1050 g/mol. The molecule has 376 valence electrons. The number of nitrogens with zero attached hydrogens (tertiary/aromatic N) is 2. The van der Waals surface area contributed by atoms with E-state index in [1.165, 1.54) is 59.0 Å². The van der Waals surface area contributed by atoms with Gasteiger partial charge in [0.05, 0.1) is 16.7 Å². The molecule has 6 heteroatoms. The topological polar surface area (TPSA) is 36.3 Å². The van der Waals surface area contributed by atoms with Gasteiger partial charge in [-0.25, -0.2) is 0 Å². The standard InChI is InChI=1S/C75H47BN2O2Si/c1-4-23-55(24-5-1)81(56-25-6-2-7-26-56,57-27-8-3-9-28-57)72-44-53-41-50-22-12-15-31-60(50)74(63(53)47-77-72)52-37-39-67-62(43-52)61-42-51(73-58-29-13-10-20-48(58)40-49-21-11-14-30-59(49)73)36-38-66(61)78(67)54-45-70-75-71(46-54)80-69-35-19-17-33-65(69)76(75)64-32-16-18-34-68(64)79-70/h1-47H. The Morgan fingerprint density at radius 1 is 0.333 bits per heavy atom. The molecule has 0 saturated heterocycles. The zero-order valence-corrected chi connectivity index (χ0v) is 44.9. The normalized spacial score (nSPS) is 12.6. The molecular formula is C75H47BN2O2Si. The summed E-state index contributed by atoms with van der Waals surface area (Å²) in [6.07, 6.45) is 2.17. The molecule has 0 bridgehead atoms. The molecule has 0 spiro atoms. The Morgan fingerprint density at radius 3 is 1.25 bits per heavy atom. The van der Waals surface area contributed by atoms with Gasteiger partial charge in [0.1, 0.15) is 23.0 Å². The Balaban J connectivity index is 0.925. The molecule has 0 radical (unpaired) electrons. The molecule has 0 unspecified atom stereocenters. The van der Waals surface area contributed by atoms with Crippen molar-refractivity contribution in [1.82, 2.24) is 9.55 Å². The number of para-hydroxylation sites is 2. The molecule has 0 fully saturated rings. The summed E-state index contributed by atoms with van der Waals surface area (Å²) in [7, 11) is -2.93. The molecular weight excluding hydrogens is 1000 g/mol. The molecule has 0 amide bonds. The SMILES string of the molecule is c1ccc([Si](c2ccccc2)(c2ccccc2)c2cc3cc4ccccc4c(-c4ccc5c(c4)c4cc(-c6c7ccccc7cc7ccccc67)ccc4n5-c4cc5c6c(c4)Oc4ccccc4B6c4ccccc4O5)c3cn2)cc1. The van der Waals surface area contributed by atoms with Crippen molar-refractivity contribution in [2.75, 3.05) is 0 Å². The first-order valence-electron chi connectivity index (χ1n) is 27.9. The molecule has 0 aliphatic carbocycles. The van der Waals surface area contributed by atoms with Crippen LogP contribution in [0.5, 0.6) is 23.0 Å². The van der Waals surface area contributed by atoms with E-state index in [1.807, 2.05) is 0 Å². The Kier molecular flexibility index (Phi) is 10.1. The van der Waals surface area contributed by atoms with Gasteiger partial charge in [0.25, 0.3) is 6.71 Å². The van der Waals surface area contributed by atoms with E-state index in [4.69, 9.17) is 14.5 Å². The van der Waals surface area contributed by atoms with Crippen molar-refractivity contribution < 1.29 is 9.47 Å². The summed E-state index contributed by atoms with van der Waals surface area (Å²) in [5, 5.41) is 16.8. The lowest BCUT2D eigenvalue weighted by Crippen LogP contribution is -2.75. The van der Waals surface area contributed by atoms with Crippen molar-refractivity contribution in [3.8, 4) is 50.9 Å². The minimum absolute atomic E-state index is 0.0207. The minimum Gasteiger partial charge on any atom is -0.458 e. The predicted octanol–water partition coefficient (Wildman–Crippen LogP) is 14.2. The van der Waals surface area contributed by atoms with Crippen LogP contribution in [0, 0.1) is 0 Å². The maximum atomic E-state index is 6.93. The zero-order chi connectivity index (χ0) is 53.2. The smallest absolute Gasteiger partial charge is 0.260 e. The van der Waals surface area contributed by atoms with E-state index >= 15 is 0 Å². The van der Waals surface area contributed by atoms with Crippen LogP contribution < -0.4 is 46.7 Å². The number of pyridine rings is 1. The van der Waals surface area contributed by atoms with Gasteiger partial charge < -0.3 is 14.0 Å². The van der Waals surface area contributed by atoms with Gasteiger partial charge in [-0.2, -0.15) is 0 Å². The van der Waals surface area contributed by atoms with Crippen LogP contribution in [0.2, 0.25) is 0 Å². The van der Waals surface area contributed by atoms with Crippen LogP contribution in [0.3, 0.4) is 0 Å². The van der Waals surface area contributed by atoms with Crippen molar-refractivity contribution in [2.24, 2.45) is 0 Å². The van der Waals surface area contributed by atoms with Crippen molar-refractivity contribution in [3.63, 3.8) is 0 Å². The van der Waals surface area contributed by atoms with Gasteiger partial charge in [-0.05, 0) is 141 Å². The minimum atomic E-state index is -2.93. The Morgan fingerprint density at radius 2 is 0.753 bits per heavy atom. The van der Waals surface area contributed by atoms with Crippen molar-refractivity contribution in [2.45, 2.75) is 0 Å². The number of fused-ring (bicyclic) bond motifs is 11. The van der Waals surface area contributed by atoms with Crippen LogP contribution in [0.15, 0.2) is 285 Å². The predicted molar refractivity (Wildman–Crippen MR) is 341 cm³/mol. The average molecular weight is 1050 g/mol. The Labute approximate surface area is 469 Å². The molecule has 0 atom stereocenters. The molecule has 17 rings (SSSR count). The molecule has 2 aliphatic rings. The number of rotatable bonds is 7. The summed E-state index contributed by atoms with van der Waals surface area (Å²) in [4.78, 5) is 5.68. The highest BCUT2D eigenvalue weighted by atomic mass is 28.3. The maximum Gasteiger partial charge on any atom is 0.260 e. The number of hydrogen-bond acceptors (Lipinski definition) is 3. The average Bonchev–Trinajstić information content (AvgIpc) is 4.11. The number of benzene rings is 13. The van der Waals surface area contributed by atoms with E-state index in [0.29, 0.717) is 0 Å². The highest BCUT2D eigenvalue weighted by Crippen LogP contribution is 2.45. The van der Waals surface area contributed by atoms with E-state index < -0.39 is 8.07 Å². The van der Waals surface area contributed by atoms with E-state index in [-0.39, 0.29) is 6.71 Å². The van der Waals surface area contributed by atoms with Gasteiger partial charge in [-0.3, -0.25) is 4.98 Å². The first-order chi connectivity index (χ1) is 40.2. The third kappa shape index (κ3) is 6.87. The second-order valence-electron chi connectivity index (χ2n) is 21.7. The fraction of sp³-hybridized carbons (Fsp3) is 0. The number of hydrogen-bond donors (Lipinski definition) is 0. The highest BCUT2D eigenvalue weighted by Gasteiger charge is 2.44. The summed E-state index contributed by atoms with van der Waals surface area (Å²) in [6.45, 7) is -0.0207. The quantitative estimate of drug-likeness (QED) is 0.0907. The summed E-state index contributed by atoms with van der Waals surface area (Å²) >= 11 is 0. The van der Waals surface area contributed by atoms with Gasteiger partial charge in [0.15, 0.2) is 0 Å². The molecule has 4 heterocycles. The van der Waals surface area contributed by atoms with Gasteiger partial charge in [0.2, 0.25) is 8.07 Å². The third-order valence-corrected chi connectivity index (χ3v) is 22.0. The van der Waals surface area contributed by atoms with Crippen LogP contribution in [0.4, 0.5) is 0 Å². The summed E-state index contributed by atoms with van der Waals surface area (Å²) < 4.78 is 16.3. The Hall–Kier alpha value is -10.3. The number of aromatic nitrogens is 2. The second kappa shape index (κ2) is 17.9. The van der Waals surface area contributed by atoms with Gasteiger partial charge >= 0.3 is 0 Å². The fourth-order valence-corrected chi connectivity index (χ4v) is 18.5. The first kappa shape index (κ1) is 45.7. The molecule has 81 heavy (non-hydrogen) atoms. The second-order valence-corrected chi connectivity index (χ2v) is 25.4. The molecule has 0 saturated carbocycles. The van der Waals surface area contributed by atoms with Crippen molar-refractivity contribution in [1.29, 1.82) is 0 Å². The van der Waals surface area contributed by atoms with E-state index in [1.54, 1.807) is 0 Å². The van der Waals surface area contributed by atoms with Crippen molar-refractivity contribution in [3.05, 3.63) is 285 Å². The molecule has 2 aromatic heterocycles. The Bertz CT molecular complexity index is 4860. The number of ether oxygens (including phenoxy) is 2. The lowest BCUT2D eigenvalue weighted by atomic mass is 9.35. The third-order valence-electron chi connectivity index (χ3n) is 17.4. The molecule has 0 N–H and O–H groups in total. The van der Waals surface area contributed by atoms with E-state index in [9.17, 15) is 0 Å². The van der Waals surface area contributed by atoms with Gasteiger partial charge in [-0.15, -0.1) is 0 Å². The molecule has 13 aromatic carbocycles. The van der Waals surface area contributed by atoms with E-state index in [2.05, 4.69) is 290 Å². The molecule has 4 nitrogen and oxygen atoms in total. The van der Waals surface area contributed by atoms with Gasteiger partial charge in [0, 0.05) is 45.3 Å². The van der Waals surface area contributed by atoms with Crippen LogP contribution in [-0.4, -0.2) is 24.3 Å². The fourth-order valence-electron chi connectivity index (χ4n) is 13.9. The van der Waals surface area contributed by atoms with Crippen LogP contribution in [0.25, 0.3) is 92.8 Å². The maximum absolute atomic E-state index is 6.93. The summed E-state index contributed by atoms with van der Waals surface area (Å²) in [6, 6.07) is 102. The lowest BCUT2D eigenvalue weighted by molar-refractivity contribution is 0.464. The largest absolute Gasteiger partial charge is 0.458 e. The molecule has 15 aromatic rings. The first-order valence-corrected chi connectivity index (χ1v) is 29.9. The van der Waals surface area contributed by atoms with Crippen LogP contribution in [-0.2, 0) is 0 Å². The highest BCUT2D eigenvalue weighted by molar-refractivity contribution is 7.19. The lowest BCUT2D eigenvalue weighted by Gasteiger charge is -2.33. The zero-order valence-electron chi connectivity index (χ0n) is 43.9.